The summed E-state index contributed by atoms with van der Waals surface area (Å²) in [4.78, 5) is 23.8. The van der Waals surface area contributed by atoms with Gasteiger partial charge < -0.3 is 19.8 Å². The Morgan fingerprint density at radius 1 is 1.29 bits per heavy atom. The average molecular weight is 517 g/mol. The van der Waals surface area contributed by atoms with E-state index >= 15 is 0 Å². The zero-order valence-corrected chi connectivity index (χ0v) is 21.6. The molecule has 0 aliphatic carbocycles. The summed E-state index contributed by atoms with van der Waals surface area (Å²) in [6.45, 7) is 4.63. The largest absolute Gasteiger partial charge is 0.488 e. The molecule has 2 atom stereocenters. The van der Waals surface area contributed by atoms with E-state index in [0.29, 0.717) is 30.2 Å². The zero-order chi connectivity index (χ0) is 25.2. The van der Waals surface area contributed by atoms with E-state index in [2.05, 4.69) is 20.3 Å². The summed E-state index contributed by atoms with van der Waals surface area (Å²) in [5, 5.41) is 4.49. The SMILES string of the molecule is CCC(C)Oc1cc(Oc2ccc(S(C)(=O)=O)nc2)cc2cc(C3=NCC(CC(=O)NC)S3)[nH]c12. The van der Waals surface area contributed by atoms with Gasteiger partial charge in [0, 0.05) is 36.4 Å². The Morgan fingerprint density at radius 2 is 2.09 bits per heavy atom. The molecule has 2 N–H and O–H groups in total. The number of aromatic amines is 1. The summed E-state index contributed by atoms with van der Waals surface area (Å²) < 4.78 is 35.5. The second kappa shape index (κ2) is 10.3. The average Bonchev–Trinajstić information content (AvgIpc) is 3.45. The maximum absolute atomic E-state index is 11.7. The topological polar surface area (TPSA) is 123 Å². The first-order valence-electron chi connectivity index (χ1n) is 11.3. The number of ether oxygens (including phenoxy) is 2. The number of aliphatic imine (C=N–C) groups is 1. The number of benzene rings is 1. The Balaban J connectivity index is 1.63. The lowest BCUT2D eigenvalue weighted by Gasteiger charge is -2.15. The van der Waals surface area contributed by atoms with E-state index in [0.717, 1.165) is 34.3 Å². The molecule has 1 amide bonds. The van der Waals surface area contributed by atoms with Gasteiger partial charge in [-0.25, -0.2) is 13.4 Å². The third kappa shape index (κ3) is 5.96. The number of aromatic nitrogens is 2. The first-order chi connectivity index (χ1) is 16.7. The number of carbonyl (C=O) groups is 1. The highest BCUT2D eigenvalue weighted by atomic mass is 32.2. The van der Waals surface area contributed by atoms with E-state index in [-0.39, 0.29) is 22.3 Å². The van der Waals surface area contributed by atoms with E-state index < -0.39 is 9.84 Å². The van der Waals surface area contributed by atoms with Crippen LogP contribution in [0.5, 0.6) is 17.2 Å². The molecule has 3 aromatic rings. The molecule has 1 aliphatic rings. The van der Waals surface area contributed by atoms with Crippen molar-refractivity contribution in [3.05, 3.63) is 42.2 Å². The Labute approximate surface area is 208 Å². The molecule has 1 aromatic carbocycles. The van der Waals surface area contributed by atoms with Crippen LogP contribution in [0.1, 0.15) is 32.4 Å². The van der Waals surface area contributed by atoms with Crippen molar-refractivity contribution in [2.24, 2.45) is 4.99 Å². The van der Waals surface area contributed by atoms with Crippen molar-refractivity contribution in [3.8, 4) is 17.2 Å². The van der Waals surface area contributed by atoms with Gasteiger partial charge in [-0.3, -0.25) is 9.79 Å². The van der Waals surface area contributed by atoms with Gasteiger partial charge in [-0.15, -0.1) is 0 Å². The van der Waals surface area contributed by atoms with E-state index in [1.807, 2.05) is 26.0 Å². The summed E-state index contributed by atoms with van der Waals surface area (Å²) in [5.41, 5.74) is 1.69. The molecule has 9 nitrogen and oxygen atoms in total. The number of nitrogens with zero attached hydrogens (tertiary/aromatic N) is 2. The zero-order valence-electron chi connectivity index (χ0n) is 20.0. The molecule has 4 rings (SSSR count). The van der Waals surface area contributed by atoms with Gasteiger partial charge in [0.25, 0.3) is 0 Å². The number of hydrogen-bond donors (Lipinski definition) is 2. The van der Waals surface area contributed by atoms with Crippen LogP contribution in [0.3, 0.4) is 0 Å². The minimum absolute atomic E-state index is 0.000635. The maximum Gasteiger partial charge on any atom is 0.220 e. The van der Waals surface area contributed by atoms with Gasteiger partial charge in [0.05, 0.1) is 30.1 Å². The highest BCUT2D eigenvalue weighted by molar-refractivity contribution is 8.15. The molecule has 186 valence electrons. The Morgan fingerprint density at radius 3 is 2.74 bits per heavy atom. The van der Waals surface area contributed by atoms with Gasteiger partial charge in [0.2, 0.25) is 5.91 Å². The quantitative estimate of drug-likeness (QED) is 0.442. The third-order valence-electron chi connectivity index (χ3n) is 5.53. The highest BCUT2D eigenvalue weighted by Crippen LogP contribution is 2.36. The highest BCUT2D eigenvalue weighted by Gasteiger charge is 2.25. The van der Waals surface area contributed by atoms with Gasteiger partial charge in [0.1, 0.15) is 22.3 Å². The lowest BCUT2D eigenvalue weighted by atomic mass is 10.2. The number of fused-ring (bicyclic) bond motifs is 1. The van der Waals surface area contributed by atoms with Crippen molar-refractivity contribution in [1.82, 2.24) is 15.3 Å². The second-order valence-corrected chi connectivity index (χ2v) is 11.6. The van der Waals surface area contributed by atoms with E-state index in [9.17, 15) is 13.2 Å². The van der Waals surface area contributed by atoms with Crippen molar-refractivity contribution < 1.29 is 22.7 Å². The lowest BCUT2D eigenvalue weighted by Crippen LogP contribution is -2.22. The fourth-order valence-corrected chi connectivity index (χ4v) is 5.16. The number of carbonyl (C=O) groups excluding carboxylic acids is 1. The van der Waals surface area contributed by atoms with Crippen LogP contribution in [0.25, 0.3) is 10.9 Å². The standard InChI is InChI=1S/C24H28N4O5S2/c1-5-14(2)32-20-10-17(33-16-6-7-22(26-12-16)35(4,30)31)8-15-9-19(28-23(15)20)24-27-13-18(34-24)11-21(29)25-3/h6-10,12,14,18,28H,5,11,13H2,1-4H3,(H,25,29). The van der Waals surface area contributed by atoms with Crippen LogP contribution in [-0.2, 0) is 14.6 Å². The van der Waals surface area contributed by atoms with Crippen LogP contribution < -0.4 is 14.8 Å². The van der Waals surface area contributed by atoms with Crippen LogP contribution in [0.2, 0.25) is 0 Å². The summed E-state index contributed by atoms with van der Waals surface area (Å²) in [6.07, 6.45) is 3.74. The molecule has 11 heteroatoms. The first kappa shape index (κ1) is 25.1. The van der Waals surface area contributed by atoms with Crippen molar-refractivity contribution in [2.45, 2.75) is 43.1 Å². The van der Waals surface area contributed by atoms with Gasteiger partial charge >= 0.3 is 0 Å². The minimum atomic E-state index is -3.39. The van der Waals surface area contributed by atoms with Gasteiger partial charge in [-0.1, -0.05) is 18.7 Å². The third-order valence-corrected chi connectivity index (χ3v) is 7.76. The molecule has 0 saturated heterocycles. The van der Waals surface area contributed by atoms with Crippen molar-refractivity contribution in [2.75, 3.05) is 19.8 Å². The number of H-pyrrole nitrogens is 1. The van der Waals surface area contributed by atoms with Crippen molar-refractivity contribution in [1.29, 1.82) is 0 Å². The Hall–Kier alpha value is -3.05. The van der Waals surface area contributed by atoms with Crippen molar-refractivity contribution >= 4 is 43.5 Å². The molecule has 1 aliphatic heterocycles. The molecule has 35 heavy (non-hydrogen) atoms. The van der Waals surface area contributed by atoms with Gasteiger partial charge in [-0.05, 0) is 37.6 Å². The van der Waals surface area contributed by atoms with Crippen LogP contribution >= 0.6 is 11.8 Å². The lowest BCUT2D eigenvalue weighted by molar-refractivity contribution is -0.120. The summed E-state index contributed by atoms with van der Waals surface area (Å²) in [6, 6.07) is 8.66. The Kier molecular flexibility index (Phi) is 7.36. The molecule has 2 aromatic heterocycles. The normalized spacial score (nSPS) is 16.7. The van der Waals surface area contributed by atoms with Crippen LogP contribution in [0.4, 0.5) is 0 Å². The van der Waals surface area contributed by atoms with Crippen LogP contribution in [0, 0.1) is 0 Å². The number of sulfone groups is 1. The molecule has 0 saturated carbocycles. The minimum Gasteiger partial charge on any atom is -0.488 e. The number of thioether (sulfide) groups is 1. The predicted molar refractivity (Wildman–Crippen MR) is 138 cm³/mol. The number of hydrogen-bond acceptors (Lipinski definition) is 8. The van der Waals surface area contributed by atoms with E-state index in [4.69, 9.17) is 9.47 Å². The maximum atomic E-state index is 11.7. The fourth-order valence-electron chi connectivity index (χ4n) is 3.52. The number of nitrogens with one attached hydrogen (secondary N) is 2. The number of amides is 1. The molecule has 0 fully saturated rings. The van der Waals surface area contributed by atoms with Crippen LogP contribution in [-0.4, -0.2) is 60.5 Å². The van der Waals surface area contributed by atoms with E-state index in [1.165, 1.54) is 12.3 Å². The number of pyridine rings is 1. The smallest absolute Gasteiger partial charge is 0.220 e. The number of rotatable bonds is 9. The molecule has 0 spiro atoms. The summed E-state index contributed by atoms with van der Waals surface area (Å²) in [7, 11) is -1.75. The monoisotopic (exact) mass is 516 g/mol. The van der Waals surface area contributed by atoms with Gasteiger partial charge in [-0.2, -0.15) is 0 Å². The molecule has 3 heterocycles. The second-order valence-electron chi connectivity index (χ2n) is 8.37. The Bertz CT molecular complexity index is 1370. The summed E-state index contributed by atoms with van der Waals surface area (Å²) in [5.74, 6) is 1.59. The molecular weight excluding hydrogens is 488 g/mol. The molecule has 0 bridgehead atoms. The summed E-state index contributed by atoms with van der Waals surface area (Å²) >= 11 is 1.59. The van der Waals surface area contributed by atoms with Gasteiger partial charge in [0.15, 0.2) is 14.9 Å². The van der Waals surface area contributed by atoms with E-state index in [1.54, 1.807) is 30.9 Å². The first-order valence-corrected chi connectivity index (χ1v) is 14.0. The molecule has 0 radical (unpaired) electrons. The predicted octanol–water partition coefficient (Wildman–Crippen LogP) is 3.93. The van der Waals surface area contributed by atoms with Crippen LogP contribution in [0.15, 0.2) is 46.5 Å². The molecule has 2 unspecified atom stereocenters. The van der Waals surface area contributed by atoms with Crippen molar-refractivity contribution in [3.63, 3.8) is 0 Å². The molecular formula is C24H28N4O5S2. The fraction of sp³-hybridized carbons (Fsp3) is 0.375.